The van der Waals surface area contributed by atoms with Gasteiger partial charge in [0.1, 0.15) is 29.6 Å². The Morgan fingerprint density at radius 2 is 1.83 bits per heavy atom. The summed E-state index contributed by atoms with van der Waals surface area (Å²) in [5, 5.41) is 9.38. The fraction of sp³-hybridized carbons (Fsp3) is 0.524. The lowest BCUT2D eigenvalue weighted by Crippen LogP contribution is -2.60. The molecule has 1 aromatic carbocycles. The Morgan fingerprint density at radius 1 is 1.13 bits per heavy atom. The number of ketones is 1. The zero-order chi connectivity index (χ0) is 20.8. The number of oxime groups is 1. The van der Waals surface area contributed by atoms with E-state index < -0.39 is 16.8 Å². The predicted octanol–water partition coefficient (Wildman–Crippen LogP) is 3.00. The number of Topliss-reactive ketones (excluding diaryl/α,β-unsaturated/α-hetero) is 1. The molecule has 2 aliphatic heterocycles. The number of benzene rings is 1. The number of ether oxygens (including phenoxy) is 2. The topological polar surface area (TPSA) is 87.8 Å². The van der Waals surface area contributed by atoms with Gasteiger partial charge in [0.25, 0.3) is 0 Å². The van der Waals surface area contributed by atoms with Crippen LogP contribution >= 0.6 is 11.6 Å². The molecule has 1 atom stereocenters. The lowest BCUT2D eigenvalue weighted by molar-refractivity contribution is -0.221. The molecule has 9 heteroatoms. The molecule has 2 spiro atoms. The van der Waals surface area contributed by atoms with Crippen LogP contribution in [0, 0.1) is 5.41 Å². The van der Waals surface area contributed by atoms with Crippen molar-refractivity contribution >= 4 is 23.1 Å². The molecule has 3 heterocycles. The van der Waals surface area contributed by atoms with Gasteiger partial charge in [-0.3, -0.25) is 9.48 Å². The smallest absolute Gasteiger partial charge is 0.168 e. The largest absolute Gasteiger partial charge is 0.387 e. The average Bonchev–Trinajstić information content (AvgIpc) is 3.47. The van der Waals surface area contributed by atoms with Crippen molar-refractivity contribution in [3.8, 4) is 0 Å². The average molecular weight is 431 g/mol. The highest BCUT2D eigenvalue weighted by Gasteiger charge is 2.67. The van der Waals surface area contributed by atoms with E-state index in [1.54, 1.807) is 30.1 Å². The Kier molecular flexibility index (Phi) is 4.68. The normalized spacial score (nSPS) is 26.7. The first-order chi connectivity index (χ1) is 14.5. The molecule has 0 amide bonds. The van der Waals surface area contributed by atoms with Crippen LogP contribution in [0.25, 0.3) is 0 Å². The summed E-state index contributed by atoms with van der Waals surface area (Å²) < 4.78 is 13.5. The molecule has 8 nitrogen and oxygen atoms in total. The highest BCUT2D eigenvalue weighted by Crippen LogP contribution is 2.55. The number of rotatable bonds is 4. The first-order valence-corrected chi connectivity index (χ1v) is 10.5. The molecular formula is C21H23ClN4O4. The van der Waals surface area contributed by atoms with E-state index in [4.69, 9.17) is 25.9 Å². The second kappa shape index (κ2) is 7.14. The third-order valence-corrected chi connectivity index (χ3v) is 6.96. The summed E-state index contributed by atoms with van der Waals surface area (Å²) >= 11 is 6.09. The summed E-state index contributed by atoms with van der Waals surface area (Å²) in [5.74, 6) is -0.596. The minimum Gasteiger partial charge on any atom is -0.387 e. The molecule has 1 unspecified atom stereocenters. The van der Waals surface area contributed by atoms with E-state index in [2.05, 4.69) is 15.2 Å². The summed E-state index contributed by atoms with van der Waals surface area (Å²) in [4.78, 5) is 23.6. The van der Waals surface area contributed by atoms with Gasteiger partial charge in [0.2, 0.25) is 0 Å². The van der Waals surface area contributed by atoms with Crippen molar-refractivity contribution < 1.29 is 19.1 Å². The molecule has 1 saturated carbocycles. The maximum atomic E-state index is 13.4. The summed E-state index contributed by atoms with van der Waals surface area (Å²) in [6.45, 7) is 3.08. The van der Waals surface area contributed by atoms with Gasteiger partial charge in [-0.1, -0.05) is 28.9 Å². The van der Waals surface area contributed by atoms with Crippen LogP contribution in [0.4, 0.5) is 0 Å². The second-order valence-electron chi connectivity index (χ2n) is 8.19. The van der Waals surface area contributed by atoms with Crippen LogP contribution in [0.2, 0.25) is 5.02 Å². The van der Waals surface area contributed by atoms with E-state index in [0.29, 0.717) is 56.2 Å². The van der Waals surface area contributed by atoms with Crippen LogP contribution in [0.15, 0.2) is 42.1 Å². The fourth-order valence-electron chi connectivity index (χ4n) is 5.13. The van der Waals surface area contributed by atoms with Crippen molar-refractivity contribution in [1.29, 1.82) is 0 Å². The van der Waals surface area contributed by atoms with Crippen LogP contribution < -0.4 is 0 Å². The molecule has 0 radical (unpaired) electrons. The van der Waals surface area contributed by atoms with Gasteiger partial charge in [-0.05, 0) is 31.9 Å². The number of hydrogen-bond donors (Lipinski definition) is 0. The summed E-state index contributed by atoms with van der Waals surface area (Å²) in [5.41, 5.74) is -0.415. The maximum absolute atomic E-state index is 13.4. The third kappa shape index (κ3) is 2.89. The highest BCUT2D eigenvalue weighted by atomic mass is 35.5. The van der Waals surface area contributed by atoms with Gasteiger partial charge in [-0.25, -0.2) is 4.98 Å². The van der Waals surface area contributed by atoms with E-state index in [-0.39, 0.29) is 5.78 Å². The van der Waals surface area contributed by atoms with E-state index >= 15 is 0 Å². The Balaban J connectivity index is 1.58. The van der Waals surface area contributed by atoms with Crippen molar-refractivity contribution in [1.82, 2.24) is 14.8 Å². The Hall–Kier alpha value is -2.29. The molecule has 1 saturated heterocycles. The van der Waals surface area contributed by atoms with Gasteiger partial charge in [-0.2, -0.15) is 5.10 Å². The van der Waals surface area contributed by atoms with Crippen LogP contribution in [0.5, 0.6) is 0 Å². The minimum absolute atomic E-state index is 0.0200. The van der Waals surface area contributed by atoms with Gasteiger partial charge in [0, 0.05) is 23.4 Å². The summed E-state index contributed by atoms with van der Waals surface area (Å²) in [7, 11) is 0. The second-order valence-corrected chi connectivity index (χ2v) is 8.63. The molecule has 0 bridgehead atoms. The Labute approximate surface area is 179 Å². The first-order valence-electron chi connectivity index (χ1n) is 10.1. The Morgan fingerprint density at radius 3 is 2.43 bits per heavy atom. The van der Waals surface area contributed by atoms with Crippen LogP contribution in [0.1, 0.15) is 38.2 Å². The fourth-order valence-corrected chi connectivity index (χ4v) is 5.25. The summed E-state index contributed by atoms with van der Waals surface area (Å²) in [6.07, 6.45) is 5.53. The van der Waals surface area contributed by atoms with Crippen molar-refractivity contribution in [3.63, 3.8) is 0 Å². The van der Waals surface area contributed by atoms with Gasteiger partial charge >= 0.3 is 0 Å². The third-order valence-electron chi connectivity index (χ3n) is 6.71. The van der Waals surface area contributed by atoms with Crippen LogP contribution in [-0.4, -0.2) is 50.9 Å². The van der Waals surface area contributed by atoms with Gasteiger partial charge < -0.3 is 14.3 Å². The van der Waals surface area contributed by atoms with Crippen LogP contribution in [0.3, 0.4) is 0 Å². The molecule has 158 valence electrons. The molecule has 3 aliphatic rings. The molecule has 1 aromatic heterocycles. The number of halogens is 1. The zero-order valence-electron chi connectivity index (χ0n) is 16.7. The number of nitrogens with zero attached hydrogens (tertiary/aromatic N) is 4. The lowest BCUT2D eigenvalue weighted by Gasteiger charge is -2.47. The van der Waals surface area contributed by atoms with Crippen molar-refractivity contribution in [2.45, 2.75) is 50.5 Å². The summed E-state index contributed by atoms with van der Waals surface area (Å²) in [6, 6.07) is 7.33. The number of hydrogen-bond acceptors (Lipinski definition) is 7. The van der Waals surface area contributed by atoms with E-state index in [0.717, 1.165) is 5.56 Å². The molecule has 2 fully saturated rings. The van der Waals surface area contributed by atoms with E-state index in [1.807, 2.05) is 12.1 Å². The van der Waals surface area contributed by atoms with Gasteiger partial charge in [-0.15, -0.1) is 0 Å². The quantitative estimate of drug-likeness (QED) is 0.740. The number of aromatic nitrogens is 3. The molecule has 1 aliphatic carbocycles. The monoisotopic (exact) mass is 430 g/mol. The SMILES string of the molecule is CC(=O)C1(Cn2cncn2)C(c2ccc(Cl)cc2)=NOC12CCC1(CC2)OCCO1. The molecule has 0 N–H and O–H groups in total. The van der Waals surface area contributed by atoms with Crippen molar-refractivity contribution in [3.05, 3.63) is 47.5 Å². The van der Waals surface area contributed by atoms with E-state index in [9.17, 15) is 4.79 Å². The molecule has 2 aromatic rings. The molecule has 5 rings (SSSR count). The predicted molar refractivity (Wildman–Crippen MR) is 108 cm³/mol. The van der Waals surface area contributed by atoms with E-state index in [1.165, 1.54) is 6.33 Å². The molecule has 30 heavy (non-hydrogen) atoms. The first kappa shape index (κ1) is 19.7. The number of carbonyl (C=O) groups excluding carboxylic acids is 1. The Bertz CT molecular complexity index is 959. The van der Waals surface area contributed by atoms with Crippen molar-refractivity contribution in [2.24, 2.45) is 10.6 Å². The zero-order valence-corrected chi connectivity index (χ0v) is 17.5. The van der Waals surface area contributed by atoms with Gasteiger partial charge in [0.15, 0.2) is 11.4 Å². The minimum atomic E-state index is -1.02. The standard InChI is InChI=1S/C21H23ClN4O4/c1-15(27)21(12-26-14-23-13-24-26)18(16-2-4-17(22)5-3-16)25-30-19(21)6-8-20(9-7-19)28-10-11-29-20/h2-5,13-14H,6-12H2,1H3. The van der Waals surface area contributed by atoms with Crippen LogP contribution in [-0.2, 0) is 25.7 Å². The van der Waals surface area contributed by atoms with Crippen molar-refractivity contribution in [2.75, 3.05) is 13.2 Å². The lowest BCUT2D eigenvalue weighted by atomic mass is 9.59. The van der Waals surface area contributed by atoms with Gasteiger partial charge in [0.05, 0.1) is 19.8 Å². The molecular weight excluding hydrogens is 408 g/mol. The number of carbonyl (C=O) groups is 1. The highest BCUT2D eigenvalue weighted by molar-refractivity contribution is 6.30. The maximum Gasteiger partial charge on any atom is 0.168 e.